The van der Waals surface area contributed by atoms with Crippen LogP contribution in [-0.2, 0) is 19.1 Å². The van der Waals surface area contributed by atoms with Gasteiger partial charge in [-0.15, -0.1) is 0 Å². The second-order valence-electron chi connectivity index (χ2n) is 6.93. The van der Waals surface area contributed by atoms with Gasteiger partial charge in [0.05, 0.1) is 13.2 Å². The second-order valence-corrected chi connectivity index (χ2v) is 6.93. The van der Waals surface area contributed by atoms with E-state index in [4.69, 9.17) is 4.74 Å². The Morgan fingerprint density at radius 3 is 2.15 bits per heavy atom. The van der Waals surface area contributed by atoms with E-state index in [9.17, 15) is 14.4 Å². The molecule has 2 aliphatic carbocycles. The van der Waals surface area contributed by atoms with Crippen LogP contribution in [0.15, 0.2) is 0 Å². The number of amides is 1. The molecule has 0 N–H and O–H groups in total. The standard InChI is InChI=1S/C15H21NO4/c1-13(2)14(3)4-5-15(13,11(18)10(14)17)12(19)16-6-8-20-9-7-16/h4-9H2,1-3H3/t14-,15-/m1/s1. The van der Waals surface area contributed by atoms with Gasteiger partial charge in [0.25, 0.3) is 0 Å². The lowest BCUT2D eigenvalue weighted by Crippen LogP contribution is -2.54. The molecular weight excluding hydrogens is 258 g/mol. The van der Waals surface area contributed by atoms with Gasteiger partial charge in [-0.25, -0.2) is 0 Å². The van der Waals surface area contributed by atoms with Crippen molar-refractivity contribution in [3.63, 3.8) is 0 Å². The summed E-state index contributed by atoms with van der Waals surface area (Å²) in [7, 11) is 0. The van der Waals surface area contributed by atoms with Gasteiger partial charge in [0.2, 0.25) is 17.5 Å². The van der Waals surface area contributed by atoms with Crippen LogP contribution < -0.4 is 0 Å². The lowest BCUT2D eigenvalue weighted by atomic mass is 9.64. The summed E-state index contributed by atoms with van der Waals surface area (Å²) in [6.45, 7) is 7.67. The highest BCUT2D eigenvalue weighted by molar-refractivity contribution is 6.48. The molecule has 1 aliphatic heterocycles. The van der Waals surface area contributed by atoms with Crippen molar-refractivity contribution in [3.8, 4) is 0 Å². The second kappa shape index (κ2) is 3.91. The molecule has 5 nitrogen and oxygen atoms in total. The monoisotopic (exact) mass is 279 g/mol. The van der Waals surface area contributed by atoms with Crippen molar-refractivity contribution in [3.05, 3.63) is 0 Å². The SMILES string of the molecule is CC1(C)[C@]2(C(=O)N3CCOCC3)CC[C@]1(C)C(=O)C2=O. The minimum Gasteiger partial charge on any atom is -0.378 e. The molecule has 2 atom stereocenters. The number of hydrogen-bond donors (Lipinski definition) is 0. The summed E-state index contributed by atoms with van der Waals surface area (Å²) in [5, 5.41) is 0. The normalized spacial score (nSPS) is 39.5. The van der Waals surface area contributed by atoms with Crippen LogP contribution in [0.5, 0.6) is 0 Å². The molecule has 3 fully saturated rings. The summed E-state index contributed by atoms with van der Waals surface area (Å²) in [5.74, 6) is -0.978. The zero-order valence-electron chi connectivity index (χ0n) is 12.3. The molecule has 1 saturated heterocycles. The minimum atomic E-state index is -1.14. The Bertz CT molecular complexity index is 506. The largest absolute Gasteiger partial charge is 0.378 e. The molecule has 2 saturated carbocycles. The molecule has 20 heavy (non-hydrogen) atoms. The van der Waals surface area contributed by atoms with Gasteiger partial charge in [0.1, 0.15) is 5.41 Å². The lowest BCUT2D eigenvalue weighted by molar-refractivity contribution is -0.158. The Balaban J connectivity index is 2.04. The highest BCUT2D eigenvalue weighted by Crippen LogP contribution is 2.69. The quantitative estimate of drug-likeness (QED) is 0.526. The number of ether oxygens (including phenoxy) is 1. The van der Waals surface area contributed by atoms with Crippen molar-refractivity contribution in [1.82, 2.24) is 4.90 Å². The Labute approximate surface area is 118 Å². The number of morpholine rings is 1. The van der Waals surface area contributed by atoms with E-state index < -0.39 is 22.0 Å². The lowest BCUT2D eigenvalue weighted by Gasteiger charge is -2.41. The van der Waals surface area contributed by atoms with Gasteiger partial charge in [0, 0.05) is 18.5 Å². The third-order valence-corrected chi connectivity index (χ3v) is 6.20. The molecule has 0 radical (unpaired) electrons. The van der Waals surface area contributed by atoms with Crippen molar-refractivity contribution in [2.45, 2.75) is 33.6 Å². The topological polar surface area (TPSA) is 63.7 Å². The summed E-state index contributed by atoms with van der Waals surface area (Å²) >= 11 is 0. The van der Waals surface area contributed by atoms with Gasteiger partial charge in [-0.05, 0) is 18.3 Å². The van der Waals surface area contributed by atoms with Crippen molar-refractivity contribution in [2.24, 2.45) is 16.2 Å². The van der Waals surface area contributed by atoms with Crippen molar-refractivity contribution < 1.29 is 19.1 Å². The maximum atomic E-state index is 13.0. The summed E-state index contributed by atoms with van der Waals surface area (Å²) in [4.78, 5) is 39.6. The Hall–Kier alpha value is -1.23. The molecule has 3 rings (SSSR count). The van der Waals surface area contributed by atoms with E-state index in [0.29, 0.717) is 39.1 Å². The fraction of sp³-hybridized carbons (Fsp3) is 0.800. The van der Waals surface area contributed by atoms with Crippen LogP contribution in [0.3, 0.4) is 0 Å². The third-order valence-electron chi connectivity index (χ3n) is 6.20. The van der Waals surface area contributed by atoms with E-state index >= 15 is 0 Å². The first-order valence-electron chi connectivity index (χ1n) is 7.25. The molecule has 0 spiro atoms. The smallest absolute Gasteiger partial charge is 0.237 e. The van der Waals surface area contributed by atoms with E-state index in [0.717, 1.165) is 0 Å². The summed E-state index contributed by atoms with van der Waals surface area (Å²) in [6, 6.07) is 0. The molecule has 110 valence electrons. The molecule has 5 heteroatoms. The third kappa shape index (κ3) is 1.25. The number of ketones is 2. The molecule has 0 unspecified atom stereocenters. The van der Waals surface area contributed by atoms with Gasteiger partial charge >= 0.3 is 0 Å². The summed E-state index contributed by atoms with van der Waals surface area (Å²) in [6.07, 6.45) is 1.12. The van der Waals surface area contributed by atoms with Gasteiger partial charge in [0.15, 0.2) is 0 Å². The van der Waals surface area contributed by atoms with E-state index in [1.807, 2.05) is 20.8 Å². The first kappa shape index (κ1) is 13.7. The minimum absolute atomic E-state index is 0.162. The van der Waals surface area contributed by atoms with Crippen LogP contribution >= 0.6 is 0 Å². The molecule has 0 aromatic carbocycles. The molecule has 1 amide bonds. The molecule has 2 bridgehead atoms. The first-order chi connectivity index (χ1) is 9.29. The van der Waals surface area contributed by atoms with Crippen molar-refractivity contribution in [1.29, 1.82) is 0 Å². The van der Waals surface area contributed by atoms with Crippen LogP contribution in [0.25, 0.3) is 0 Å². The number of hydrogen-bond acceptors (Lipinski definition) is 4. The first-order valence-corrected chi connectivity index (χ1v) is 7.25. The van der Waals surface area contributed by atoms with Gasteiger partial charge in [-0.2, -0.15) is 0 Å². The summed E-state index contributed by atoms with van der Waals surface area (Å²) < 4.78 is 5.26. The molecular formula is C15H21NO4. The van der Waals surface area contributed by atoms with Gasteiger partial charge in [-0.3, -0.25) is 14.4 Å². The zero-order chi connectivity index (χ0) is 14.8. The highest BCUT2D eigenvalue weighted by Gasteiger charge is 2.78. The van der Waals surface area contributed by atoms with Crippen molar-refractivity contribution >= 4 is 17.5 Å². The molecule has 0 aromatic rings. The maximum Gasteiger partial charge on any atom is 0.237 e. The van der Waals surface area contributed by atoms with Gasteiger partial charge in [-0.1, -0.05) is 20.8 Å². The Morgan fingerprint density at radius 2 is 1.65 bits per heavy atom. The number of nitrogens with zero attached hydrogens (tertiary/aromatic N) is 1. The number of Topliss-reactive ketones (excluding diaryl/α,β-unsaturated/α-hetero) is 2. The fourth-order valence-corrected chi connectivity index (χ4v) is 4.28. The van der Waals surface area contributed by atoms with Crippen LogP contribution in [0.1, 0.15) is 33.6 Å². The number of carbonyl (C=O) groups is 3. The molecule has 1 heterocycles. The van der Waals surface area contributed by atoms with Crippen LogP contribution in [0.2, 0.25) is 0 Å². The van der Waals surface area contributed by atoms with Crippen LogP contribution in [-0.4, -0.2) is 48.7 Å². The highest BCUT2D eigenvalue weighted by atomic mass is 16.5. The Kier molecular flexibility index (Phi) is 2.68. The number of fused-ring (bicyclic) bond motifs is 2. The van der Waals surface area contributed by atoms with Crippen LogP contribution in [0, 0.1) is 16.2 Å². The van der Waals surface area contributed by atoms with E-state index in [1.165, 1.54) is 0 Å². The van der Waals surface area contributed by atoms with E-state index in [1.54, 1.807) is 4.90 Å². The number of carbonyl (C=O) groups excluding carboxylic acids is 3. The number of rotatable bonds is 1. The molecule has 0 aromatic heterocycles. The fourth-order valence-electron chi connectivity index (χ4n) is 4.28. The average molecular weight is 279 g/mol. The Morgan fingerprint density at radius 1 is 1.05 bits per heavy atom. The van der Waals surface area contributed by atoms with E-state index in [-0.39, 0.29) is 11.7 Å². The van der Waals surface area contributed by atoms with Gasteiger partial charge < -0.3 is 9.64 Å². The average Bonchev–Trinajstić information content (AvgIpc) is 2.71. The predicted molar refractivity (Wildman–Crippen MR) is 71.0 cm³/mol. The zero-order valence-corrected chi connectivity index (χ0v) is 12.3. The van der Waals surface area contributed by atoms with E-state index in [2.05, 4.69) is 0 Å². The predicted octanol–water partition coefficient (Wildman–Crippen LogP) is 0.810. The molecule has 3 aliphatic rings. The summed E-state index contributed by atoms with van der Waals surface area (Å²) in [5.41, 5.74) is -2.44. The maximum absolute atomic E-state index is 13.0. The van der Waals surface area contributed by atoms with Crippen LogP contribution in [0.4, 0.5) is 0 Å². The van der Waals surface area contributed by atoms with Crippen molar-refractivity contribution in [2.75, 3.05) is 26.3 Å².